The number of hydrogen-bond acceptors (Lipinski definition) is 5. The van der Waals surface area contributed by atoms with Crippen molar-refractivity contribution in [3.63, 3.8) is 0 Å². The van der Waals surface area contributed by atoms with Crippen LogP contribution in [0.4, 0.5) is 19.0 Å². The average molecular weight is 457 g/mol. The summed E-state index contributed by atoms with van der Waals surface area (Å²) in [5.41, 5.74) is -0.722. The molecule has 1 aromatic carbocycles. The number of nitrogens with zero attached hydrogens (tertiary/aromatic N) is 3. The van der Waals surface area contributed by atoms with Gasteiger partial charge in [0, 0.05) is 43.3 Å². The number of aromatic nitrogens is 1. The molecule has 11 heteroatoms. The monoisotopic (exact) mass is 456 g/mol. The van der Waals surface area contributed by atoms with Crippen molar-refractivity contribution in [3.05, 3.63) is 52.3 Å². The smallest absolute Gasteiger partial charge is 0.360 e. The highest BCUT2D eigenvalue weighted by Crippen LogP contribution is 2.32. The molecule has 166 valence electrons. The summed E-state index contributed by atoms with van der Waals surface area (Å²) in [5.74, 6) is 0.347. The number of carbonyl (C=O) groups excluding carboxylic acids is 2. The summed E-state index contributed by atoms with van der Waals surface area (Å²) in [6.07, 6.45) is -2.01. The first-order valence-electron chi connectivity index (χ1n) is 9.41. The molecule has 0 spiro atoms. The fourth-order valence-corrected chi connectivity index (χ4v) is 3.23. The summed E-state index contributed by atoms with van der Waals surface area (Å²) in [4.78, 5) is 27.9. The molecule has 1 aromatic heterocycles. The van der Waals surface area contributed by atoms with E-state index >= 15 is 0 Å². The van der Waals surface area contributed by atoms with Gasteiger partial charge in [-0.1, -0.05) is 16.8 Å². The summed E-state index contributed by atoms with van der Waals surface area (Å²) in [6, 6.07) is 4.55. The van der Waals surface area contributed by atoms with Crippen molar-refractivity contribution in [2.45, 2.75) is 13.1 Å². The topological polar surface area (TPSA) is 78.7 Å². The minimum Gasteiger partial charge on any atom is -0.360 e. The molecule has 0 saturated carbocycles. The summed E-state index contributed by atoms with van der Waals surface area (Å²) in [5, 5.41) is 6.45. The molecule has 1 aliphatic rings. The second kappa shape index (κ2) is 9.52. The van der Waals surface area contributed by atoms with Gasteiger partial charge in [0.2, 0.25) is 11.8 Å². The second-order valence-electron chi connectivity index (χ2n) is 7.04. The van der Waals surface area contributed by atoms with Gasteiger partial charge in [-0.05, 0) is 36.8 Å². The Morgan fingerprint density at radius 1 is 1.23 bits per heavy atom. The fraction of sp³-hybridized carbons (Fsp3) is 0.350. The molecular formula is C20H20ClF3N4O3. The molecule has 1 fully saturated rings. The van der Waals surface area contributed by atoms with Crippen molar-refractivity contribution in [2.75, 3.05) is 38.0 Å². The van der Waals surface area contributed by atoms with Gasteiger partial charge in [0.15, 0.2) is 5.82 Å². The number of amides is 2. The van der Waals surface area contributed by atoms with Crippen LogP contribution >= 0.6 is 11.6 Å². The predicted molar refractivity (Wildman–Crippen MR) is 108 cm³/mol. The maximum Gasteiger partial charge on any atom is 0.416 e. The van der Waals surface area contributed by atoms with E-state index in [0.29, 0.717) is 37.8 Å². The molecule has 3 rings (SSSR count). The lowest BCUT2D eigenvalue weighted by Crippen LogP contribution is -2.50. The summed E-state index contributed by atoms with van der Waals surface area (Å²) >= 11 is 5.94. The minimum absolute atomic E-state index is 0.114. The number of piperazine rings is 1. The Morgan fingerprint density at radius 2 is 1.94 bits per heavy atom. The van der Waals surface area contributed by atoms with E-state index in [1.807, 2.05) is 4.90 Å². The molecule has 2 heterocycles. The van der Waals surface area contributed by atoms with E-state index < -0.39 is 11.7 Å². The van der Waals surface area contributed by atoms with Crippen LogP contribution in [0.3, 0.4) is 0 Å². The lowest BCUT2D eigenvalue weighted by atomic mass is 10.1. The Hall–Kier alpha value is -2.85. The van der Waals surface area contributed by atoms with Gasteiger partial charge in [-0.2, -0.15) is 13.2 Å². The second-order valence-corrected chi connectivity index (χ2v) is 7.45. The fourth-order valence-electron chi connectivity index (χ4n) is 3.05. The first-order valence-corrected chi connectivity index (χ1v) is 9.79. The third-order valence-corrected chi connectivity index (χ3v) is 5.02. The first-order chi connectivity index (χ1) is 14.6. The van der Waals surface area contributed by atoms with Gasteiger partial charge in [0.1, 0.15) is 5.76 Å². The van der Waals surface area contributed by atoms with Crippen molar-refractivity contribution in [3.8, 4) is 0 Å². The molecule has 7 nitrogen and oxygen atoms in total. The molecule has 1 saturated heterocycles. The van der Waals surface area contributed by atoms with Crippen molar-refractivity contribution in [2.24, 2.45) is 0 Å². The summed E-state index contributed by atoms with van der Waals surface area (Å²) < 4.78 is 43.5. The molecule has 1 aliphatic heterocycles. The minimum atomic E-state index is -4.49. The standard InChI is InChI=1S/C20H20ClF3N4O3/c1-13-10-17(26-31-13)25-18(29)12-27-6-8-28(9-7-27)19(30)5-2-14-11-15(20(22,23)24)3-4-16(14)21/h2-5,10-11H,6-9,12H2,1H3,(H,25,26,29)/b5-2+. The van der Waals surface area contributed by atoms with E-state index in [9.17, 15) is 22.8 Å². The highest BCUT2D eigenvalue weighted by atomic mass is 35.5. The van der Waals surface area contributed by atoms with Crippen LogP contribution in [0.25, 0.3) is 6.08 Å². The molecule has 0 aliphatic carbocycles. The Morgan fingerprint density at radius 3 is 2.55 bits per heavy atom. The number of rotatable bonds is 5. The van der Waals surface area contributed by atoms with Gasteiger partial charge < -0.3 is 14.7 Å². The van der Waals surface area contributed by atoms with Crippen molar-refractivity contribution in [1.82, 2.24) is 15.0 Å². The molecule has 0 bridgehead atoms. The van der Waals surface area contributed by atoms with E-state index in [1.54, 1.807) is 17.9 Å². The number of nitrogens with one attached hydrogen (secondary N) is 1. The van der Waals surface area contributed by atoms with Crippen LogP contribution in [0.2, 0.25) is 5.02 Å². The Balaban J connectivity index is 1.50. The number of benzene rings is 1. The average Bonchev–Trinajstić information content (AvgIpc) is 3.11. The van der Waals surface area contributed by atoms with Gasteiger partial charge in [-0.25, -0.2) is 0 Å². The van der Waals surface area contributed by atoms with Gasteiger partial charge in [0.05, 0.1) is 12.1 Å². The van der Waals surface area contributed by atoms with Gasteiger partial charge in [-0.3, -0.25) is 14.5 Å². The van der Waals surface area contributed by atoms with Gasteiger partial charge >= 0.3 is 6.18 Å². The van der Waals surface area contributed by atoms with E-state index in [4.69, 9.17) is 16.1 Å². The van der Waals surface area contributed by atoms with Crippen molar-refractivity contribution in [1.29, 1.82) is 0 Å². The predicted octanol–water partition coefficient (Wildman–Crippen LogP) is 3.45. The summed E-state index contributed by atoms with van der Waals surface area (Å²) in [7, 11) is 0. The number of aryl methyl sites for hydroxylation is 1. The van der Waals surface area contributed by atoms with E-state index in [0.717, 1.165) is 18.2 Å². The van der Waals surface area contributed by atoms with Gasteiger partial charge in [-0.15, -0.1) is 0 Å². The zero-order valence-electron chi connectivity index (χ0n) is 16.6. The Bertz CT molecular complexity index is 982. The molecule has 0 atom stereocenters. The quantitative estimate of drug-likeness (QED) is 0.697. The molecule has 2 amide bonds. The zero-order valence-corrected chi connectivity index (χ0v) is 17.3. The van der Waals surface area contributed by atoms with Crippen LogP contribution < -0.4 is 5.32 Å². The van der Waals surface area contributed by atoms with Crippen LogP contribution in [0.5, 0.6) is 0 Å². The van der Waals surface area contributed by atoms with Crippen LogP contribution in [-0.4, -0.2) is 59.5 Å². The van der Waals surface area contributed by atoms with E-state index in [-0.39, 0.29) is 28.9 Å². The number of anilines is 1. The van der Waals surface area contributed by atoms with Crippen molar-refractivity contribution < 1.29 is 27.3 Å². The van der Waals surface area contributed by atoms with E-state index in [2.05, 4.69) is 10.5 Å². The Labute approximate surface area is 181 Å². The van der Waals surface area contributed by atoms with Gasteiger partial charge in [0.25, 0.3) is 0 Å². The van der Waals surface area contributed by atoms with Crippen LogP contribution in [0.15, 0.2) is 34.9 Å². The Kier molecular flexibility index (Phi) is 7.01. The zero-order chi connectivity index (χ0) is 22.6. The molecule has 0 radical (unpaired) electrons. The number of carbonyl (C=O) groups is 2. The first kappa shape index (κ1) is 22.8. The normalized spacial score (nSPS) is 15.5. The largest absolute Gasteiger partial charge is 0.416 e. The maximum atomic E-state index is 12.9. The lowest BCUT2D eigenvalue weighted by molar-refractivity contribution is -0.137. The van der Waals surface area contributed by atoms with Crippen LogP contribution in [0.1, 0.15) is 16.9 Å². The van der Waals surface area contributed by atoms with Crippen LogP contribution in [0, 0.1) is 6.92 Å². The lowest BCUT2D eigenvalue weighted by Gasteiger charge is -2.33. The third kappa shape index (κ3) is 6.31. The molecule has 0 unspecified atom stereocenters. The molecular weight excluding hydrogens is 437 g/mol. The SMILES string of the molecule is Cc1cc(NC(=O)CN2CCN(C(=O)/C=C/c3cc(C(F)(F)F)ccc3Cl)CC2)no1. The number of hydrogen-bond donors (Lipinski definition) is 1. The highest BCUT2D eigenvalue weighted by Gasteiger charge is 2.30. The molecule has 2 aromatic rings. The number of alkyl halides is 3. The molecule has 1 N–H and O–H groups in total. The number of halogens is 4. The summed E-state index contributed by atoms with van der Waals surface area (Å²) in [6.45, 7) is 3.59. The maximum absolute atomic E-state index is 12.9. The van der Waals surface area contributed by atoms with Crippen molar-refractivity contribution >= 4 is 35.3 Å². The highest BCUT2D eigenvalue weighted by molar-refractivity contribution is 6.32. The van der Waals surface area contributed by atoms with Crippen LogP contribution in [-0.2, 0) is 15.8 Å². The molecule has 31 heavy (non-hydrogen) atoms. The van der Waals surface area contributed by atoms with E-state index in [1.165, 1.54) is 12.2 Å². The third-order valence-electron chi connectivity index (χ3n) is 4.68.